The van der Waals surface area contributed by atoms with Gasteiger partial charge in [0, 0.05) is 35.6 Å². The van der Waals surface area contributed by atoms with Crippen LogP contribution in [0.5, 0.6) is 0 Å². The highest BCUT2D eigenvalue weighted by Gasteiger charge is 2.45. The molecule has 0 atom stereocenters. The quantitative estimate of drug-likeness (QED) is 0.0356. The summed E-state index contributed by atoms with van der Waals surface area (Å²) in [5, 5.41) is 0. The van der Waals surface area contributed by atoms with Crippen molar-refractivity contribution in [2.24, 2.45) is 0 Å². The molecule has 2 aromatic heterocycles. The van der Waals surface area contributed by atoms with Crippen LogP contribution < -0.4 is 0 Å². The van der Waals surface area contributed by atoms with Gasteiger partial charge in [0.25, 0.3) is 0 Å². The number of nitrogens with zero attached hydrogens (tertiary/aromatic N) is 2. The third-order valence-corrected chi connectivity index (χ3v) is 22.9. The molecule has 100 heavy (non-hydrogen) atoms. The molecule has 2 aliphatic rings. The van der Waals surface area contributed by atoms with Crippen molar-refractivity contribution in [1.29, 1.82) is 0 Å². The lowest BCUT2D eigenvalue weighted by atomic mass is 9.69. The van der Waals surface area contributed by atoms with E-state index in [1.807, 2.05) is 24.8 Å². The van der Waals surface area contributed by atoms with E-state index in [0.29, 0.717) is 0 Å². The molecule has 2 nitrogen and oxygen atoms in total. The van der Waals surface area contributed by atoms with Gasteiger partial charge in [0.05, 0.1) is 0 Å². The Morgan fingerprint density at radius 1 is 0.230 bits per heavy atom. The summed E-state index contributed by atoms with van der Waals surface area (Å²) in [4.78, 5) is 8.76. The van der Waals surface area contributed by atoms with Gasteiger partial charge in [-0.25, -0.2) is 0 Å². The van der Waals surface area contributed by atoms with Crippen molar-refractivity contribution in [2.75, 3.05) is 0 Å². The van der Waals surface area contributed by atoms with Crippen LogP contribution in [0.15, 0.2) is 195 Å². The average Bonchev–Trinajstić information content (AvgIpc) is 1.56. The second-order valence-corrected chi connectivity index (χ2v) is 30.1. The topological polar surface area (TPSA) is 25.8 Å². The van der Waals surface area contributed by atoms with Gasteiger partial charge in [-0.2, -0.15) is 0 Å². The van der Waals surface area contributed by atoms with E-state index in [9.17, 15) is 0 Å². The zero-order valence-corrected chi connectivity index (χ0v) is 62.1. The number of benzene rings is 7. The van der Waals surface area contributed by atoms with E-state index < -0.39 is 0 Å². The van der Waals surface area contributed by atoms with Gasteiger partial charge in [-0.3, -0.25) is 9.97 Å². The maximum atomic E-state index is 4.39. The maximum Gasteiger partial charge on any atom is 0.0273 e. The van der Waals surface area contributed by atoms with Crippen LogP contribution in [0.3, 0.4) is 0 Å². The fraction of sp³-hybridized carbons (Fsp3) is 0.429. The molecule has 0 bridgehead atoms. The second-order valence-electron chi connectivity index (χ2n) is 30.1. The first-order chi connectivity index (χ1) is 49.5. The van der Waals surface area contributed by atoms with E-state index in [2.05, 4.69) is 232 Å². The summed E-state index contributed by atoms with van der Waals surface area (Å²) < 4.78 is 0. The van der Waals surface area contributed by atoms with Crippen molar-refractivity contribution in [1.82, 2.24) is 9.97 Å². The number of hydrogen-bond donors (Lipinski definition) is 0. The van der Waals surface area contributed by atoms with E-state index >= 15 is 0 Å². The minimum absolute atomic E-state index is 0.0452. The Bertz CT molecular complexity index is 3920. The Labute approximate surface area is 606 Å². The van der Waals surface area contributed by atoms with Crippen LogP contribution in [0.1, 0.15) is 303 Å². The molecule has 0 radical (unpaired) electrons. The Morgan fingerprint density at radius 2 is 0.500 bits per heavy atom. The molecule has 2 heteroatoms. The van der Waals surface area contributed by atoms with Crippen LogP contribution in [0.2, 0.25) is 0 Å². The molecule has 0 aliphatic heterocycles. The van der Waals surface area contributed by atoms with Gasteiger partial charge in [-0.1, -0.05) is 367 Å². The summed E-state index contributed by atoms with van der Waals surface area (Å²) in [6, 6.07) is 66.6. The summed E-state index contributed by atoms with van der Waals surface area (Å²) in [5.74, 6) is 0. The van der Waals surface area contributed by atoms with Crippen LogP contribution >= 0.6 is 0 Å². The molecule has 0 unspecified atom stereocenters. The SMILES string of the molecule is CCCCCCCCCCC1(CCCCCCCCCC)c2cc(-c3ccccc3)ccc2-c2ccc(-c3ccc4c(c3)C(CCCCCCCCCC)(CCCCCCCCCC)c3cc(-c5cc(/C=C/c6ccncc6)c(-c6ccccc6)cc5/C=C/c5ccncc5)ccc3-4)cc21. The molecule has 522 valence electrons. The Morgan fingerprint density at radius 3 is 0.830 bits per heavy atom. The van der Waals surface area contributed by atoms with Gasteiger partial charge < -0.3 is 0 Å². The van der Waals surface area contributed by atoms with Gasteiger partial charge in [-0.15, -0.1) is 0 Å². The number of fused-ring (bicyclic) bond motifs is 6. The lowest BCUT2D eigenvalue weighted by Gasteiger charge is -2.34. The minimum atomic E-state index is -0.139. The van der Waals surface area contributed by atoms with Gasteiger partial charge >= 0.3 is 0 Å². The van der Waals surface area contributed by atoms with Gasteiger partial charge in [-0.05, 0) is 198 Å². The molecule has 0 amide bonds. The van der Waals surface area contributed by atoms with Crippen molar-refractivity contribution in [2.45, 2.75) is 270 Å². The van der Waals surface area contributed by atoms with E-state index in [-0.39, 0.29) is 10.8 Å². The Kier molecular flexibility index (Phi) is 28.6. The first-order valence-corrected chi connectivity index (χ1v) is 40.5. The normalized spacial score (nSPS) is 13.3. The van der Waals surface area contributed by atoms with Crippen LogP contribution in [-0.4, -0.2) is 9.97 Å². The van der Waals surface area contributed by atoms with Crippen molar-refractivity contribution >= 4 is 24.3 Å². The fourth-order valence-electron chi connectivity index (χ4n) is 17.2. The number of pyridine rings is 2. The average molecular weight is 1330 g/mol. The monoisotopic (exact) mass is 1320 g/mol. The van der Waals surface area contributed by atoms with Crippen LogP contribution in [0.4, 0.5) is 0 Å². The maximum absolute atomic E-state index is 4.39. The summed E-state index contributed by atoms with van der Waals surface area (Å²) >= 11 is 0. The number of unbranched alkanes of at least 4 members (excludes halogenated alkanes) is 28. The molecule has 0 saturated carbocycles. The van der Waals surface area contributed by atoms with Gasteiger partial charge in [0.1, 0.15) is 0 Å². The van der Waals surface area contributed by atoms with E-state index in [4.69, 9.17) is 0 Å². The number of aromatic nitrogens is 2. The number of hydrogen-bond acceptors (Lipinski definition) is 2. The highest BCUT2D eigenvalue weighted by Crippen LogP contribution is 2.59. The van der Waals surface area contributed by atoms with Crippen LogP contribution in [-0.2, 0) is 10.8 Å². The van der Waals surface area contributed by atoms with Crippen LogP contribution in [0.25, 0.3) is 91.1 Å². The first-order valence-electron chi connectivity index (χ1n) is 40.5. The molecule has 0 N–H and O–H groups in total. The Balaban J connectivity index is 1.04. The van der Waals surface area contributed by atoms with Gasteiger partial charge in [0.2, 0.25) is 0 Å². The molecule has 2 aliphatic carbocycles. The third-order valence-electron chi connectivity index (χ3n) is 22.9. The highest BCUT2D eigenvalue weighted by atomic mass is 14.6. The summed E-state index contributed by atoms with van der Waals surface area (Å²) in [6.45, 7) is 9.37. The van der Waals surface area contributed by atoms with Gasteiger partial charge in [0.15, 0.2) is 0 Å². The zero-order chi connectivity index (χ0) is 68.9. The molecule has 0 spiro atoms. The van der Waals surface area contributed by atoms with E-state index in [0.717, 1.165) is 24.0 Å². The van der Waals surface area contributed by atoms with Crippen molar-refractivity contribution < 1.29 is 0 Å². The zero-order valence-electron chi connectivity index (χ0n) is 62.1. The summed E-state index contributed by atoms with van der Waals surface area (Å²) in [5.41, 5.74) is 27.0. The fourth-order valence-corrected chi connectivity index (χ4v) is 17.2. The molecule has 2 heterocycles. The van der Waals surface area contributed by atoms with Crippen molar-refractivity contribution in [3.05, 3.63) is 239 Å². The number of rotatable bonds is 44. The van der Waals surface area contributed by atoms with E-state index in [1.54, 1.807) is 22.3 Å². The minimum Gasteiger partial charge on any atom is -0.265 e. The molecule has 9 aromatic rings. The standard InChI is InChI=1S/C98H120N2/c1-5-9-13-17-21-25-29-39-63-97(64-40-30-26-22-18-14-10-6-2)93-73-81(79-43-35-33-36-44-79)51-55-87(93)88-56-52-82(74-94(88)97)83-53-57-89-90-58-54-86(76-96(90)98(95(89)75-83,65-41-31-27-23-19-15-11-7-3)66-42-32-28-24-20-16-12-8-4)92-72-84(49-47-77-59-67-99-68-60-77)91(80-45-37-34-38-46-80)71-85(92)50-48-78-61-69-100-70-62-78/h33-38,43-62,67-76H,5-32,39-42,63-66H2,1-4H3/b49-47+,50-48+. The predicted octanol–water partition coefficient (Wildman–Crippen LogP) is 30.1. The second kappa shape index (κ2) is 38.9. The van der Waals surface area contributed by atoms with Crippen LogP contribution in [0, 0.1) is 0 Å². The molecule has 11 rings (SSSR count). The molecular formula is C98H120N2. The smallest absolute Gasteiger partial charge is 0.0273 e. The summed E-state index contributed by atoms with van der Waals surface area (Å²) in [7, 11) is 0. The summed E-state index contributed by atoms with van der Waals surface area (Å²) in [6.07, 6.45) is 64.1. The molecule has 0 saturated heterocycles. The first kappa shape index (κ1) is 73.5. The Hall–Kier alpha value is -7.68. The molecule has 7 aromatic carbocycles. The molecular weight excluding hydrogens is 1210 g/mol. The lowest BCUT2D eigenvalue weighted by molar-refractivity contribution is 0.397. The third kappa shape index (κ3) is 19.1. The largest absolute Gasteiger partial charge is 0.265 e. The lowest BCUT2D eigenvalue weighted by Crippen LogP contribution is -2.26. The van der Waals surface area contributed by atoms with Crippen molar-refractivity contribution in [3.8, 4) is 66.8 Å². The van der Waals surface area contributed by atoms with E-state index in [1.165, 1.54) is 296 Å². The van der Waals surface area contributed by atoms with Crippen molar-refractivity contribution in [3.63, 3.8) is 0 Å². The highest BCUT2D eigenvalue weighted by molar-refractivity contribution is 5.93. The predicted molar refractivity (Wildman–Crippen MR) is 436 cm³/mol. The molecule has 0 fully saturated rings.